The number of para-hydroxylation sites is 1. The molecule has 2 heterocycles. The summed E-state index contributed by atoms with van der Waals surface area (Å²) in [5.41, 5.74) is 2.85. The molecule has 7 nitrogen and oxygen atoms in total. The van der Waals surface area contributed by atoms with Gasteiger partial charge in [-0.25, -0.2) is 4.99 Å². The SMILES string of the molecule is CCOc1cc(/C=C2\SC(=Nc3ccccc3)N(Cc3ccco3)C2=O)c(Br)cc1OCc1ccccc1C#N. The number of carbonyl (C=O) groups is 1. The predicted octanol–water partition coefficient (Wildman–Crippen LogP) is 7.70. The van der Waals surface area contributed by atoms with E-state index in [1.807, 2.05) is 79.7 Å². The molecule has 3 aromatic carbocycles. The van der Waals surface area contributed by atoms with E-state index in [-0.39, 0.29) is 19.1 Å². The smallest absolute Gasteiger partial charge is 0.267 e. The number of nitrogens with zero attached hydrogens (tertiary/aromatic N) is 3. The number of hydrogen-bond donors (Lipinski definition) is 0. The Morgan fingerprint density at radius 3 is 2.58 bits per heavy atom. The van der Waals surface area contributed by atoms with E-state index >= 15 is 0 Å². The minimum Gasteiger partial charge on any atom is -0.490 e. The van der Waals surface area contributed by atoms with Crippen LogP contribution in [-0.2, 0) is 17.9 Å². The molecular formula is C31H24BrN3O4S. The first-order valence-corrected chi connectivity index (χ1v) is 14.1. The molecule has 0 atom stereocenters. The quantitative estimate of drug-likeness (QED) is 0.180. The Kier molecular flexibility index (Phi) is 8.69. The summed E-state index contributed by atoms with van der Waals surface area (Å²) in [5.74, 6) is 1.55. The Hall–Kier alpha value is -4.26. The molecule has 0 radical (unpaired) electrons. The van der Waals surface area contributed by atoms with Crippen molar-refractivity contribution in [2.75, 3.05) is 6.61 Å². The van der Waals surface area contributed by atoms with Crippen LogP contribution in [0.15, 0.2) is 104 Å². The molecule has 1 saturated heterocycles. The fraction of sp³-hybridized carbons (Fsp3) is 0.129. The van der Waals surface area contributed by atoms with Gasteiger partial charge in [-0.05, 0) is 72.8 Å². The number of furan rings is 1. The minimum absolute atomic E-state index is 0.172. The van der Waals surface area contributed by atoms with Crippen molar-refractivity contribution in [3.8, 4) is 17.6 Å². The predicted molar refractivity (Wildman–Crippen MR) is 159 cm³/mol. The second kappa shape index (κ2) is 12.7. The van der Waals surface area contributed by atoms with Crippen LogP contribution in [0.4, 0.5) is 5.69 Å². The van der Waals surface area contributed by atoms with E-state index < -0.39 is 0 Å². The van der Waals surface area contributed by atoms with Crippen LogP contribution in [0.2, 0.25) is 0 Å². The molecule has 5 rings (SSSR count). The summed E-state index contributed by atoms with van der Waals surface area (Å²) < 4.78 is 18.2. The molecule has 0 unspecified atom stereocenters. The molecule has 1 fully saturated rings. The molecule has 40 heavy (non-hydrogen) atoms. The molecule has 0 bridgehead atoms. The van der Waals surface area contributed by atoms with Crippen LogP contribution in [0, 0.1) is 11.3 Å². The van der Waals surface area contributed by atoms with Gasteiger partial charge in [-0.2, -0.15) is 5.26 Å². The monoisotopic (exact) mass is 613 g/mol. The van der Waals surface area contributed by atoms with Crippen molar-refractivity contribution in [3.05, 3.63) is 117 Å². The molecule has 0 saturated carbocycles. The van der Waals surface area contributed by atoms with Crippen molar-refractivity contribution < 1.29 is 18.7 Å². The number of halogens is 1. The first-order chi connectivity index (χ1) is 19.6. The molecule has 1 amide bonds. The molecule has 1 aromatic heterocycles. The van der Waals surface area contributed by atoms with Crippen molar-refractivity contribution in [3.63, 3.8) is 0 Å². The molecule has 9 heteroatoms. The summed E-state index contributed by atoms with van der Waals surface area (Å²) >= 11 is 4.94. The van der Waals surface area contributed by atoms with Crippen molar-refractivity contribution in [1.29, 1.82) is 5.26 Å². The van der Waals surface area contributed by atoms with Gasteiger partial charge in [0, 0.05) is 10.0 Å². The minimum atomic E-state index is -0.172. The van der Waals surface area contributed by atoms with Crippen LogP contribution in [0.3, 0.4) is 0 Å². The summed E-state index contributed by atoms with van der Waals surface area (Å²) in [6.45, 7) is 2.81. The lowest BCUT2D eigenvalue weighted by Gasteiger charge is -2.15. The Morgan fingerprint density at radius 2 is 1.82 bits per heavy atom. The van der Waals surface area contributed by atoms with Crippen LogP contribution in [0.1, 0.15) is 29.4 Å². The fourth-order valence-electron chi connectivity index (χ4n) is 4.00. The normalized spacial score (nSPS) is 15.0. The van der Waals surface area contributed by atoms with E-state index in [9.17, 15) is 10.1 Å². The van der Waals surface area contributed by atoms with Gasteiger partial charge >= 0.3 is 0 Å². The summed E-state index contributed by atoms with van der Waals surface area (Å²) in [6, 6.07) is 26.3. The van der Waals surface area contributed by atoms with E-state index in [4.69, 9.17) is 18.9 Å². The Balaban J connectivity index is 1.45. The van der Waals surface area contributed by atoms with Gasteiger partial charge in [0.05, 0.1) is 41.6 Å². The van der Waals surface area contributed by atoms with E-state index in [2.05, 4.69) is 22.0 Å². The van der Waals surface area contributed by atoms with Gasteiger partial charge in [-0.1, -0.05) is 52.3 Å². The molecular weight excluding hydrogens is 590 g/mol. The highest BCUT2D eigenvalue weighted by atomic mass is 79.9. The molecule has 200 valence electrons. The first-order valence-electron chi connectivity index (χ1n) is 12.5. The van der Waals surface area contributed by atoms with E-state index in [1.54, 1.807) is 23.3 Å². The summed E-state index contributed by atoms with van der Waals surface area (Å²) in [5, 5.41) is 9.96. The average molecular weight is 615 g/mol. The van der Waals surface area contributed by atoms with Crippen LogP contribution >= 0.6 is 27.7 Å². The van der Waals surface area contributed by atoms with Crippen molar-refractivity contribution in [2.24, 2.45) is 4.99 Å². The van der Waals surface area contributed by atoms with Crippen molar-refractivity contribution >= 4 is 50.5 Å². The van der Waals surface area contributed by atoms with Crippen LogP contribution < -0.4 is 9.47 Å². The summed E-state index contributed by atoms with van der Waals surface area (Å²) in [4.78, 5) is 20.4. The number of benzene rings is 3. The zero-order valence-corrected chi connectivity index (χ0v) is 23.9. The molecule has 4 aromatic rings. The fourth-order valence-corrected chi connectivity index (χ4v) is 5.42. The van der Waals surface area contributed by atoms with E-state index in [0.717, 1.165) is 21.3 Å². The Morgan fingerprint density at radius 1 is 1.05 bits per heavy atom. The first kappa shape index (κ1) is 27.3. The van der Waals surface area contributed by atoms with Gasteiger partial charge in [-0.15, -0.1) is 0 Å². The third-order valence-electron chi connectivity index (χ3n) is 5.93. The van der Waals surface area contributed by atoms with Crippen molar-refractivity contribution in [2.45, 2.75) is 20.1 Å². The van der Waals surface area contributed by atoms with Gasteiger partial charge < -0.3 is 13.9 Å². The number of amides is 1. The third kappa shape index (κ3) is 6.30. The van der Waals surface area contributed by atoms with Gasteiger partial charge in [0.1, 0.15) is 12.4 Å². The van der Waals surface area contributed by atoms with Crippen LogP contribution in [0.25, 0.3) is 6.08 Å². The molecule has 1 aliphatic heterocycles. The van der Waals surface area contributed by atoms with E-state index in [1.165, 1.54) is 11.8 Å². The standard InChI is InChI=1S/C31H24BrN3O4S/c1-2-37-27-15-23(26(32)17-28(27)39-20-22-10-7-6-9-21(22)18-33)16-29-30(36)35(19-25-13-8-14-38-25)31(40-29)34-24-11-4-3-5-12-24/h3-17H,2,19-20H2,1H3/b29-16-,34-31?. The van der Waals surface area contributed by atoms with Crippen LogP contribution in [-0.4, -0.2) is 22.6 Å². The van der Waals surface area contributed by atoms with E-state index in [0.29, 0.717) is 39.5 Å². The van der Waals surface area contributed by atoms with Crippen molar-refractivity contribution in [1.82, 2.24) is 4.90 Å². The molecule has 0 spiro atoms. The third-order valence-corrected chi connectivity index (χ3v) is 7.63. The van der Waals surface area contributed by atoms with Crippen LogP contribution in [0.5, 0.6) is 11.5 Å². The lowest BCUT2D eigenvalue weighted by atomic mass is 10.1. The topological polar surface area (TPSA) is 88.1 Å². The highest BCUT2D eigenvalue weighted by Crippen LogP contribution is 2.39. The number of thioether (sulfide) groups is 1. The zero-order valence-electron chi connectivity index (χ0n) is 21.5. The zero-order chi connectivity index (χ0) is 27.9. The average Bonchev–Trinajstić information content (AvgIpc) is 3.59. The van der Waals surface area contributed by atoms with Gasteiger partial charge in [0.25, 0.3) is 5.91 Å². The Labute approximate surface area is 244 Å². The lowest BCUT2D eigenvalue weighted by molar-refractivity contribution is -0.122. The number of ether oxygens (including phenoxy) is 2. The van der Waals surface area contributed by atoms with Gasteiger partial charge in [0.2, 0.25) is 0 Å². The number of aliphatic imine (C=N–C) groups is 1. The summed E-state index contributed by atoms with van der Waals surface area (Å²) in [6.07, 6.45) is 3.40. The maximum atomic E-state index is 13.6. The number of carbonyl (C=O) groups excluding carboxylic acids is 1. The highest BCUT2D eigenvalue weighted by molar-refractivity contribution is 9.10. The van der Waals surface area contributed by atoms with Gasteiger partial charge in [0.15, 0.2) is 16.7 Å². The highest BCUT2D eigenvalue weighted by Gasteiger charge is 2.34. The second-order valence-electron chi connectivity index (χ2n) is 8.62. The summed E-state index contributed by atoms with van der Waals surface area (Å²) in [7, 11) is 0. The maximum Gasteiger partial charge on any atom is 0.267 e. The number of hydrogen-bond acceptors (Lipinski definition) is 7. The Bertz CT molecular complexity index is 1610. The number of amidine groups is 1. The second-order valence-corrected chi connectivity index (χ2v) is 10.5. The number of rotatable bonds is 9. The molecule has 0 aliphatic carbocycles. The lowest BCUT2D eigenvalue weighted by Crippen LogP contribution is -2.28. The molecule has 1 aliphatic rings. The maximum absolute atomic E-state index is 13.6. The number of nitriles is 1. The molecule has 0 N–H and O–H groups in total. The van der Waals surface area contributed by atoms with Gasteiger partial charge in [-0.3, -0.25) is 9.69 Å². The largest absolute Gasteiger partial charge is 0.490 e.